The zero-order valence-corrected chi connectivity index (χ0v) is 11.0. The maximum Gasteiger partial charge on any atom is 0.00673 e. The molecule has 0 fully saturated rings. The molecule has 1 atom stereocenters. The highest BCUT2D eigenvalue weighted by molar-refractivity contribution is 4.67. The van der Waals surface area contributed by atoms with Crippen LogP contribution in [0, 0.1) is 0 Å². The van der Waals surface area contributed by atoms with Crippen LogP contribution in [0.1, 0.15) is 59.3 Å². The summed E-state index contributed by atoms with van der Waals surface area (Å²) in [6.45, 7) is 10.2. The molecule has 0 saturated carbocycles. The third-order valence-corrected chi connectivity index (χ3v) is 3.05. The lowest BCUT2D eigenvalue weighted by Gasteiger charge is -2.29. The lowest BCUT2D eigenvalue weighted by molar-refractivity contribution is 0.192. The molecule has 0 bridgehead atoms. The Labute approximate surface area is 96.2 Å². The second-order valence-corrected chi connectivity index (χ2v) is 4.52. The molecule has 0 amide bonds. The van der Waals surface area contributed by atoms with Crippen molar-refractivity contribution < 1.29 is 0 Å². The van der Waals surface area contributed by atoms with Gasteiger partial charge in [-0.05, 0) is 52.2 Å². The zero-order chi connectivity index (χ0) is 11.5. The highest BCUT2D eigenvalue weighted by atomic mass is 15.1. The summed E-state index contributed by atoms with van der Waals surface area (Å²) in [7, 11) is 0. The Morgan fingerprint density at radius 2 is 1.53 bits per heavy atom. The fraction of sp³-hybridized carbons (Fsp3) is 1.00. The minimum Gasteiger partial charge on any atom is -0.330 e. The normalized spacial score (nSPS) is 13.4. The molecule has 0 aromatic rings. The quantitative estimate of drug-likeness (QED) is 0.606. The number of hydrogen-bond donors (Lipinski definition) is 1. The lowest BCUT2D eigenvalue weighted by Crippen LogP contribution is -2.35. The number of hydrogen-bond acceptors (Lipinski definition) is 2. The fourth-order valence-electron chi connectivity index (χ4n) is 1.87. The van der Waals surface area contributed by atoms with Crippen molar-refractivity contribution in [2.24, 2.45) is 5.73 Å². The van der Waals surface area contributed by atoms with Crippen molar-refractivity contribution >= 4 is 0 Å². The SMILES string of the molecule is CCCCN(CCCC)C(C)CCCN. The smallest absolute Gasteiger partial charge is 0.00673 e. The third kappa shape index (κ3) is 7.80. The van der Waals surface area contributed by atoms with Crippen LogP contribution in [-0.2, 0) is 0 Å². The van der Waals surface area contributed by atoms with Crippen LogP contribution in [0.2, 0.25) is 0 Å². The van der Waals surface area contributed by atoms with E-state index in [-0.39, 0.29) is 0 Å². The van der Waals surface area contributed by atoms with Gasteiger partial charge in [-0.15, -0.1) is 0 Å². The molecular formula is C13H30N2. The third-order valence-electron chi connectivity index (χ3n) is 3.05. The molecule has 0 heterocycles. The molecule has 0 radical (unpaired) electrons. The number of nitrogens with two attached hydrogens (primary N) is 1. The number of rotatable bonds is 10. The van der Waals surface area contributed by atoms with E-state index in [0.29, 0.717) is 6.04 Å². The van der Waals surface area contributed by atoms with E-state index in [1.807, 2.05) is 0 Å². The average molecular weight is 214 g/mol. The van der Waals surface area contributed by atoms with Crippen LogP contribution < -0.4 is 5.73 Å². The van der Waals surface area contributed by atoms with Crippen LogP contribution in [0.15, 0.2) is 0 Å². The van der Waals surface area contributed by atoms with Crippen LogP contribution in [0.3, 0.4) is 0 Å². The largest absolute Gasteiger partial charge is 0.330 e. The van der Waals surface area contributed by atoms with Crippen molar-refractivity contribution in [3.05, 3.63) is 0 Å². The maximum atomic E-state index is 5.56. The molecule has 0 aliphatic heterocycles. The molecule has 0 rings (SSSR count). The molecule has 0 saturated heterocycles. The highest BCUT2D eigenvalue weighted by Gasteiger charge is 2.11. The van der Waals surface area contributed by atoms with Gasteiger partial charge in [0.05, 0.1) is 0 Å². The number of nitrogens with zero attached hydrogens (tertiary/aromatic N) is 1. The van der Waals surface area contributed by atoms with Gasteiger partial charge in [0.25, 0.3) is 0 Å². The van der Waals surface area contributed by atoms with Crippen molar-refractivity contribution in [2.75, 3.05) is 19.6 Å². The second-order valence-electron chi connectivity index (χ2n) is 4.52. The Morgan fingerprint density at radius 1 is 1.00 bits per heavy atom. The van der Waals surface area contributed by atoms with E-state index in [4.69, 9.17) is 5.73 Å². The monoisotopic (exact) mass is 214 g/mol. The van der Waals surface area contributed by atoms with Gasteiger partial charge >= 0.3 is 0 Å². The van der Waals surface area contributed by atoms with Gasteiger partial charge in [0.15, 0.2) is 0 Å². The van der Waals surface area contributed by atoms with Crippen molar-refractivity contribution in [1.29, 1.82) is 0 Å². The molecule has 0 aromatic carbocycles. The zero-order valence-electron chi connectivity index (χ0n) is 11.0. The molecular weight excluding hydrogens is 184 g/mol. The molecule has 2 nitrogen and oxygen atoms in total. The van der Waals surface area contributed by atoms with Crippen LogP contribution in [0.25, 0.3) is 0 Å². The molecule has 92 valence electrons. The van der Waals surface area contributed by atoms with Gasteiger partial charge in [-0.25, -0.2) is 0 Å². The molecule has 2 heteroatoms. The average Bonchev–Trinajstić information content (AvgIpc) is 2.26. The molecule has 0 aliphatic carbocycles. The van der Waals surface area contributed by atoms with Crippen molar-refractivity contribution in [2.45, 2.75) is 65.3 Å². The first kappa shape index (κ1) is 14.9. The molecule has 1 unspecified atom stereocenters. The molecule has 0 spiro atoms. The van der Waals surface area contributed by atoms with Gasteiger partial charge in [0.1, 0.15) is 0 Å². The summed E-state index contributed by atoms with van der Waals surface area (Å²) in [6.07, 6.45) is 7.67. The minimum atomic E-state index is 0.714. The fourth-order valence-corrected chi connectivity index (χ4v) is 1.87. The van der Waals surface area contributed by atoms with Crippen molar-refractivity contribution in [3.8, 4) is 0 Å². The van der Waals surface area contributed by atoms with Gasteiger partial charge in [-0.3, -0.25) is 0 Å². The van der Waals surface area contributed by atoms with E-state index in [1.54, 1.807) is 0 Å². The minimum absolute atomic E-state index is 0.714. The summed E-state index contributed by atoms with van der Waals surface area (Å²) < 4.78 is 0. The Morgan fingerprint density at radius 3 is 1.93 bits per heavy atom. The predicted octanol–water partition coefficient (Wildman–Crippen LogP) is 3.02. The Balaban J connectivity index is 3.84. The highest BCUT2D eigenvalue weighted by Crippen LogP contribution is 2.09. The van der Waals surface area contributed by atoms with E-state index in [2.05, 4.69) is 25.7 Å². The Bertz CT molecular complexity index is 118. The van der Waals surface area contributed by atoms with Crippen LogP contribution in [0.5, 0.6) is 0 Å². The van der Waals surface area contributed by atoms with Crippen LogP contribution in [0.4, 0.5) is 0 Å². The van der Waals surface area contributed by atoms with Crippen molar-refractivity contribution in [1.82, 2.24) is 4.90 Å². The summed E-state index contributed by atoms with van der Waals surface area (Å²) in [6, 6.07) is 0.714. The summed E-state index contributed by atoms with van der Waals surface area (Å²) in [5.41, 5.74) is 5.56. The van der Waals surface area contributed by atoms with Crippen molar-refractivity contribution in [3.63, 3.8) is 0 Å². The van der Waals surface area contributed by atoms with Crippen LogP contribution in [-0.4, -0.2) is 30.6 Å². The van der Waals surface area contributed by atoms with E-state index >= 15 is 0 Å². The van der Waals surface area contributed by atoms with Gasteiger partial charge in [-0.1, -0.05) is 26.7 Å². The van der Waals surface area contributed by atoms with E-state index in [9.17, 15) is 0 Å². The number of unbranched alkanes of at least 4 members (excludes halogenated alkanes) is 2. The standard InChI is InChI=1S/C13H30N2/c1-4-6-11-15(12-7-5-2)13(3)9-8-10-14/h13H,4-12,14H2,1-3H3. The molecule has 0 aromatic heterocycles. The second kappa shape index (κ2) is 10.4. The van der Waals surface area contributed by atoms with E-state index < -0.39 is 0 Å². The topological polar surface area (TPSA) is 29.3 Å². The van der Waals surface area contributed by atoms with E-state index in [1.165, 1.54) is 45.2 Å². The Hall–Kier alpha value is -0.0800. The summed E-state index contributed by atoms with van der Waals surface area (Å²) in [5, 5.41) is 0. The first-order chi connectivity index (χ1) is 7.26. The summed E-state index contributed by atoms with van der Waals surface area (Å²) >= 11 is 0. The van der Waals surface area contributed by atoms with Gasteiger partial charge < -0.3 is 10.6 Å². The molecule has 15 heavy (non-hydrogen) atoms. The first-order valence-corrected chi connectivity index (χ1v) is 6.70. The van der Waals surface area contributed by atoms with E-state index in [0.717, 1.165) is 13.0 Å². The lowest BCUT2D eigenvalue weighted by atomic mass is 10.1. The van der Waals surface area contributed by atoms with Gasteiger partial charge in [0.2, 0.25) is 0 Å². The van der Waals surface area contributed by atoms with Gasteiger partial charge in [-0.2, -0.15) is 0 Å². The first-order valence-electron chi connectivity index (χ1n) is 6.70. The maximum absolute atomic E-state index is 5.56. The van der Waals surface area contributed by atoms with Gasteiger partial charge in [0, 0.05) is 6.04 Å². The molecule has 2 N–H and O–H groups in total. The summed E-state index contributed by atoms with van der Waals surface area (Å²) in [4.78, 5) is 2.64. The summed E-state index contributed by atoms with van der Waals surface area (Å²) in [5.74, 6) is 0. The Kier molecular flexibility index (Phi) is 10.4. The van der Waals surface area contributed by atoms with Crippen LogP contribution >= 0.6 is 0 Å². The molecule has 0 aliphatic rings. The predicted molar refractivity (Wildman–Crippen MR) is 69.1 cm³/mol.